The Hall–Kier alpha value is -2.63. The van der Waals surface area contributed by atoms with E-state index in [9.17, 15) is 4.79 Å². The van der Waals surface area contributed by atoms with E-state index in [0.29, 0.717) is 23.0 Å². The summed E-state index contributed by atoms with van der Waals surface area (Å²) >= 11 is 0. The smallest absolute Gasteiger partial charge is 0.274 e. The van der Waals surface area contributed by atoms with Gasteiger partial charge in [0.25, 0.3) is 5.91 Å². The monoisotopic (exact) mass is 368 g/mol. The molecular weight excluding hydrogens is 340 g/mol. The average Bonchev–Trinajstić information content (AvgIpc) is 2.92. The molecule has 0 aliphatic carbocycles. The third-order valence-electron chi connectivity index (χ3n) is 4.49. The maximum absolute atomic E-state index is 12.8. The number of carbonyl (C=O) groups is 1. The molecular formula is C21H28N4O2. The van der Waals surface area contributed by atoms with Crippen LogP contribution in [0.15, 0.2) is 30.3 Å². The predicted octanol–water partition coefficient (Wildman–Crippen LogP) is 4.20. The van der Waals surface area contributed by atoms with E-state index < -0.39 is 0 Å². The summed E-state index contributed by atoms with van der Waals surface area (Å²) in [5, 5.41) is 2.93. The number of amides is 1. The van der Waals surface area contributed by atoms with Gasteiger partial charge in [0.2, 0.25) is 0 Å². The quantitative estimate of drug-likeness (QED) is 0.856. The van der Waals surface area contributed by atoms with Crippen LogP contribution in [0.3, 0.4) is 0 Å². The Kier molecular flexibility index (Phi) is 6.27. The summed E-state index contributed by atoms with van der Waals surface area (Å²) < 4.78 is 5.78. The molecule has 1 saturated heterocycles. The fraction of sp³-hybridized carbons (Fsp3) is 0.476. The number of carbonyl (C=O) groups excluding carboxylic acids is 1. The molecule has 1 aliphatic rings. The first-order valence-corrected chi connectivity index (χ1v) is 9.70. The number of aromatic nitrogens is 2. The molecule has 1 amide bonds. The first-order chi connectivity index (χ1) is 13.0. The average molecular weight is 368 g/mol. The molecule has 1 fully saturated rings. The summed E-state index contributed by atoms with van der Waals surface area (Å²) in [5.41, 5.74) is 1.02. The molecule has 0 unspecified atom stereocenters. The zero-order valence-corrected chi connectivity index (χ0v) is 16.4. The lowest BCUT2D eigenvalue weighted by Gasteiger charge is -2.22. The maximum Gasteiger partial charge on any atom is 0.274 e. The number of rotatable bonds is 5. The van der Waals surface area contributed by atoms with Gasteiger partial charge < -0.3 is 15.0 Å². The van der Waals surface area contributed by atoms with E-state index in [-0.39, 0.29) is 12.0 Å². The van der Waals surface area contributed by atoms with Crippen molar-refractivity contribution in [3.8, 4) is 5.75 Å². The van der Waals surface area contributed by atoms with Crippen molar-refractivity contribution in [2.24, 2.45) is 0 Å². The van der Waals surface area contributed by atoms with Crippen LogP contribution >= 0.6 is 0 Å². The third kappa shape index (κ3) is 5.18. The van der Waals surface area contributed by atoms with Gasteiger partial charge in [-0.15, -0.1) is 0 Å². The summed E-state index contributed by atoms with van der Waals surface area (Å²) in [6, 6.07) is 9.23. The lowest BCUT2D eigenvalue weighted by atomic mass is 10.2. The highest BCUT2D eigenvalue weighted by Gasteiger charge is 2.17. The van der Waals surface area contributed by atoms with Gasteiger partial charge in [-0.3, -0.25) is 4.79 Å². The van der Waals surface area contributed by atoms with Crippen LogP contribution in [-0.4, -0.2) is 35.1 Å². The summed E-state index contributed by atoms with van der Waals surface area (Å²) in [6.45, 7) is 7.69. The molecule has 2 aromatic rings. The van der Waals surface area contributed by atoms with Gasteiger partial charge in [-0.25, -0.2) is 9.97 Å². The van der Waals surface area contributed by atoms with Gasteiger partial charge in [-0.05, 0) is 45.7 Å². The van der Waals surface area contributed by atoms with Crippen molar-refractivity contribution in [2.45, 2.75) is 52.6 Å². The first-order valence-electron chi connectivity index (χ1n) is 9.70. The fourth-order valence-corrected chi connectivity index (χ4v) is 3.24. The molecule has 0 spiro atoms. The molecule has 1 aromatic heterocycles. The number of ether oxygens (including phenoxy) is 1. The van der Waals surface area contributed by atoms with E-state index in [4.69, 9.17) is 4.74 Å². The van der Waals surface area contributed by atoms with Gasteiger partial charge in [0.05, 0.1) is 11.8 Å². The van der Waals surface area contributed by atoms with Crippen LogP contribution in [0.1, 0.15) is 55.8 Å². The van der Waals surface area contributed by atoms with Crippen molar-refractivity contribution in [1.29, 1.82) is 0 Å². The largest absolute Gasteiger partial charge is 0.489 e. The molecule has 2 heterocycles. The second kappa shape index (κ2) is 8.84. The summed E-state index contributed by atoms with van der Waals surface area (Å²) in [6.07, 6.45) is 4.84. The van der Waals surface area contributed by atoms with E-state index >= 15 is 0 Å². The van der Waals surface area contributed by atoms with Crippen molar-refractivity contribution >= 4 is 17.4 Å². The highest BCUT2D eigenvalue weighted by Crippen LogP contribution is 2.26. The Morgan fingerprint density at radius 2 is 1.81 bits per heavy atom. The van der Waals surface area contributed by atoms with Crippen molar-refractivity contribution in [1.82, 2.24) is 9.97 Å². The first kappa shape index (κ1) is 19.1. The molecule has 144 valence electrons. The molecule has 6 heteroatoms. The normalized spacial score (nSPS) is 14.7. The van der Waals surface area contributed by atoms with Gasteiger partial charge in [-0.1, -0.05) is 25.0 Å². The minimum atomic E-state index is -0.253. The van der Waals surface area contributed by atoms with Crippen LogP contribution in [0.25, 0.3) is 0 Å². The Morgan fingerprint density at radius 1 is 1.11 bits per heavy atom. The number of nitrogens with one attached hydrogen (secondary N) is 1. The summed E-state index contributed by atoms with van der Waals surface area (Å²) in [5.74, 6) is 1.84. The van der Waals surface area contributed by atoms with Crippen LogP contribution in [0.4, 0.5) is 11.5 Å². The number of nitrogens with zero attached hydrogens (tertiary/aromatic N) is 3. The van der Waals surface area contributed by atoms with Gasteiger partial charge in [0.1, 0.15) is 23.1 Å². The molecule has 0 radical (unpaired) electrons. The Morgan fingerprint density at radius 3 is 2.52 bits per heavy atom. The summed E-state index contributed by atoms with van der Waals surface area (Å²) in [4.78, 5) is 24.0. The second-order valence-electron chi connectivity index (χ2n) is 7.18. The number of anilines is 2. The zero-order chi connectivity index (χ0) is 19.2. The van der Waals surface area contributed by atoms with Gasteiger partial charge in [0.15, 0.2) is 0 Å². The SMILES string of the molecule is Cc1nc(C(=O)Nc2ccccc2OC(C)C)cc(N2CCCCCC2)n1. The zero-order valence-electron chi connectivity index (χ0n) is 16.4. The van der Waals surface area contributed by atoms with Crippen LogP contribution in [-0.2, 0) is 0 Å². The molecule has 6 nitrogen and oxygen atoms in total. The van der Waals surface area contributed by atoms with Crippen molar-refractivity contribution in [2.75, 3.05) is 23.3 Å². The van der Waals surface area contributed by atoms with E-state index in [0.717, 1.165) is 31.7 Å². The molecule has 1 aromatic carbocycles. The van der Waals surface area contributed by atoms with E-state index in [1.54, 1.807) is 6.07 Å². The Labute approximate surface area is 161 Å². The Bertz CT molecular complexity index is 784. The van der Waals surface area contributed by atoms with Crippen LogP contribution in [0, 0.1) is 6.92 Å². The number of para-hydroxylation sites is 2. The van der Waals surface area contributed by atoms with Crippen molar-refractivity contribution < 1.29 is 9.53 Å². The van der Waals surface area contributed by atoms with Gasteiger partial charge in [0, 0.05) is 19.2 Å². The molecule has 1 N–H and O–H groups in total. The van der Waals surface area contributed by atoms with Crippen LogP contribution in [0.5, 0.6) is 5.75 Å². The van der Waals surface area contributed by atoms with E-state index in [1.807, 2.05) is 45.0 Å². The molecule has 1 aliphatic heterocycles. The molecule has 3 rings (SSSR count). The highest BCUT2D eigenvalue weighted by molar-refractivity contribution is 6.04. The van der Waals surface area contributed by atoms with E-state index in [1.165, 1.54) is 12.8 Å². The minimum Gasteiger partial charge on any atom is -0.489 e. The van der Waals surface area contributed by atoms with E-state index in [2.05, 4.69) is 20.2 Å². The Balaban J connectivity index is 1.81. The minimum absolute atomic E-state index is 0.0268. The third-order valence-corrected chi connectivity index (χ3v) is 4.49. The summed E-state index contributed by atoms with van der Waals surface area (Å²) in [7, 11) is 0. The lowest BCUT2D eigenvalue weighted by Crippen LogP contribution is -2.26. The van der Waals surface area contributed by atoms with Crippen molar-refractivity contribution in [3.63, 3.8) is 0 Å². The van der Waals surface area contributed by atoms with Gasteiger partial charge in [-0.2, -0.15) is 0 Å². The van der Waals surface area contributed by atoms with Crippen molar-refractivity contribution in [3.05, 3.63) is 41.9 Å². The molecule has 0 saturated carbocycles. The number of hydrogen-bond acceptors (Lipinski definition) is 5. The fourth-order valence-electron chi connectivity index (χ4n) is 3.24. The van der Waals surface area contributed by atoms with Crippen LogP contribution in [0.2, 0.25) is 0 Å². The number of benzene rings is 1. The van der Waals surface area contributed by atoms with Gasteiger partial charge >= 0.3 is 0 Å². The molecule has 27 heavy (non-hydrogen) atoms. The predicted molar refractivity (Wildman–Crippen MR) is 108 cm³/mol. The standard InChI is InChI=1S/C21H28N4O2/c1-15(2)27-19-11-7-6-10-17(19)24-21(26)18-14-20(23-16(3)22-18)25-12-8-4-5-9-13-25/h6-7,10-11,14-15H,4-5,8-9,12-13H2,1-3H3,(H,24,26). The van der Waals surface area contributed by atoms with Crippen LogP contribution < -0.4 is 15.0 Å². The highest BCUT2D eigenvalue weighted by atomic mass is 16.5. The maximum atomic E-state index is 12.8. The number of hydrogen-bond donors (Lipinski definition) is 1. The molecule has 0 bridgehead atoms. The second-order valence-corrected chi connectivity index (χ2v) is 7.18. The number of aryl methyl sites for hydroxylation is 1. The topological polar surface area (TPSA) is 67.3 Å². The lowest BCUT2D eigenvalue weighted by molar-refractivity contribution is 0.102. The molecule has 0 atom stereocenters.